The van der Waals surface area contributed by atoms with Gasteiger partial charge in [-0.05, 0) is 83.5 Å². The number of pyridine rings is 2. The van der Waals surface area contributed by atoms with Crippen molar-refractivity contribution in [2.45, 2.75) is 108 Å². The van der Waals surface area contributed by atoms with Crippen molar-refractivity contribution >= 4 is 81.2 Å². The molecule has 77 heavy (non-hydrogen) atoms. The van der Waals surface area contributed by atoms with Crippen molar-refractivity contribution in [2.24, 2.45) is 5.41 Å². The number of nitrogens with one attached hydrogen (secondary N) is 3. The largest absolute Gasteiger partial charge is 0.391 e. The van der Waals surface area contributed by atoms with Gasteiger partial charge in [0.05, 0.1) is 68.0 Å². The van der Waals surface area contributed by atoms with E-state index in [-0.39, 0.29) is 51.0 Å². The number of rotatable bonds is 27. The van der Waals surface area contributed by atoms with Gasteiger partial charge in [-0.3, -0.25) is 19.1 Å². The average Bonchev–Trinajstić information content (AvgIpc) is 3.81. The molecule has 2 fully saturated rings. The molecular formula is C57H68ClIN10O7S. The van der Waals surface area contributed by atoms with Crippen LogP contribution in [0.4, 0.5) is 5.82 Å². The number of likely N-dealkylation sites (tertiary alicyclic amines) is 1. The third kappa shape index (κ3) is 16.7. The summed E-state index contributed by atoms with van der Waals surface area (Å²) in [5.41, 5.74) is 11.6. The summed E-state index contributed by atoms with van der Waals surface area (Å²) in [6.07, 6.45) is 12.3. The fourth-order valence-electron chi connectivity index (χ4n) is 9.00. The van der Waals surface area contributed by atoms with Crippen LogP contribution in [0.1, 0.15) is 98.0 Å². The number of β-amino-alcohol motifs (C(OH)–C–C–N with tert-alkyl or cyclic N) is 1. The van der Waals surface area contributed by atoms with Crippen LogP contribution >= 0.6 is 45.5 Å². The molecular weight excluding hydrogens is 1130 g/mol. The van der Waals surface area contributed by atoms with Gasteiger partial charge in [-0.1, -0.05) is 115 Å². The van der Waals surface area contributed by atoms with E-state index >= 15 is 0 Å². The van der Waals surface area contributed by atoms with Crippen molar-refractivity contribution in [1.29, 1.82) is 0 Å². The number of aliphatic hydroxyl groups is 1. The predicted molar refractivity (Wildman–Crippen MR) is 308 cm³/mol. The molecule has 20 heteroatoms. The Morgan fingerprint density at radius 2 is 1.68 bits per heavy atom. The Bertz CT molecular complexity index is 2940. The number of aryl methyl sites for hydroxylation is 2. The number of aromatic nitrogens is 6. The molecule has 2 aromatic carbocycles. The Balaban J connectivity index is 0.664. The first-order valence-electron chi connectivity index (χ1n) is 26.1. The van der Waals surface area contributed by atoms with Gasteiger partial charge in [-0.25, -0.2) is 15.0 Å². The van der Waals surface area contributed by atoms with Crippen molar-refractivity contribution in [3.05, 3.63) is 129 Å². The molecule has 0 bridgehead atoms. The van der Waals surface area contributed by atoms with Gasteiger partial charge in [0.2, 0.25) is 17.7 Å². The van der Waals surface area contributed by atoms with E-state index in [0.29, 0.717) is 44.7 Å². The van der Waals surface area contributed by atoms with Crippen molar-refractivity contribution < 1.29 is 33.7 Å². The first-order valence-corrected chi connectivity index (χ1v) is 28.9. The molecule has 8 rings (SSSR count). The summed E-state index contributed by atoms with van der Waals surface area (Å²) in [6.45, 7) is 10.9. The topological polar surface area (TPSA) is 208 Å². The number of aliphatic hydroxyl groups excluding tert-OH is 1. The van der Waals surface area contributed by atoms with Crippen LogP contribution in [-0.2, 0) is 52.7 Å². The number of halogens is 2. The predicted octanol–water partition coefficient (Wildman–Crippen LogP) is 9.05. The van der Waals surface area contributed by atoms with Crippen LogP contribution in [0.25, 0.3) is 33.7 Å². The van der Waals surface area contributed by atoms with Gasteiger partial charge in [0.15, 0.2) is 0 Å². The summed E-state index contributed by atoms with van der Waals surface area (Å²) in [5.74, 6) is 0.363. The summed E-state index contributed by atoms with van der Waals surface area (Å²) in [7, 11) is 0. The maximum absolute atomic E-state index is 14.0. The highest BCUT2D eigenvalue weighted by Gasteiger charge is 2.44. The molecule has 4 aromatic heterocycles. The normalized spacial score (nSPS) is 16.0. The van der Waals surface area contributed by atoms with E-state index in [1.165, 1.54) is 28.9 Å². The molecule has 6 aromatic rings. The van der Waals surface area contributed by atoms with Crippen LogP contribution in [0.3, 0.4) is 0 Å². The molecule has 0 unspecified atom stereocenters. The quantitative estimate of drug-likeness (QED) is 0.0165. The molecule has 1 aliphatic heterocycles. The summed E-state index contributed by atoms with van der Waals surface area (Å²) in [4.78, 5) is 56.4. The Hall–Kier alpha value is -5.68. The third-order valence-electron chi connectivity index (χ3n) is 13.4. The fraction of sp³-hybridized carbons (Fsp3) is 0.439. The zero-order valence-electron chi connectivity index (χ0n) is 44.1. The number of nitrogens with zero attached hydrogens (tertiary/aromatic N) is 7. The van der Waals surface area contributed by atoms with Gasteiger partial charge in [0.25, 0.3) is 0 Å². The van der Waals surface area contributed by atoms with Crippen LogP contribution in [0.15, 0.2) is 84.8 Å². The lowest BCUT2D eigenvalue weighted by Crippen LogP contribution is -2.57. The van der Waals surface area contributed by atoms with Crippen LogP contribution in [-0.4, -0.2) is 122 Å². The molecule has 1 aliphatic carbocycles. The molecule has 1 saturated carbocycles. The number of ether oxygens (including phenoxy) is 3. The smallest absolute Gasteiger partial charge is 0.246 e. The number of amides is 3. The second-order valence-corrected chi connectivity index (χ2v) is 22.4. The maximum Gasteiger partial charge on any atom is 0.246 e. The molecule has 4 N–H and O–H groups in total. The van der Waals surface area contributed by atoms with Crippen molar-refractivity contribution in [2.75, 3.05) is 51.4 Å². The standard InChI is InChI=1S/C57H68ClIN10O7S/c1-37-52(77-36-64-37)41-10-7-39(8-11-41)30-63-55(72)49-28-47(70)34-69(49)56(73)53(57(2,3)4)65-51(71)18-21-74-22-23-75-24-25-76-35-46-33-68(67-66-46)20-5-19-60-50-17-15-43(31-61-50)45-27-42(54(58)62-32-45)12-6-38-9-16-48(40-13-14-40)44(26-38)29-59/h6-12,15-17,26-27,31-33,36,40,47,49,53,70H,5,13-14,18-25,28-30,34-35H2,1-4H3,(H,60,61)(H,63,72)(H,65,71)/b12-6+/t47-,49+,53-/m1/s1. The van der Waals surface area contributed by atoms with E-state index in [1.54, 1.807) is 22.2 Å². The number of benzene rings is 2. The van der Waals surface area contributed by atoms with Crippen molar-refractivity contribution in [3.8, 4) is 21.6 Å². The second-order valence-electron chi connectivity index (χ2n) is 20.5. The van der Waals surface area contributed by atoms with E-state index in [0.717, 1.165) is 72.2 Å². The molecule has 3 atom stereocenters. The van der Waals surface area contributed by atoms with Crippen molar-refractivity contribution in [1.82, 2.24) is 45.5 Å². The third-order valence-corrected chi connectivity index (χ3v) is 15.5. The summed E-state index contributed by atoms with van der Waals surface area (Å²) >= 11 is 10.5. The zero-order valence-corrected chi connectivity index (χ0v) is 47.8. The van der Waals surface area contributed by atoms with Crippen LogP contribution in [0.2, 0.25) is 5.15 Å². The molecule has 0 spiro atoms. The molecule has 5 heterocycles. The summed E-state index contributed by atoms with van der Waals surface area (Å²) < 4.78 is 19.8. The monoisotopic (exact) mass is 1200 g/mol. The van der Waals surface area contributed by atoms with E-state index in [1.807, 2.05) is 94.1 Å². The molecule has 408 valence electrons. The molecule has 0 radical (unpaired) electrons. The van der Waals surface area contributed by atoms with E-state index in [9.17, 15) is 19.5 Å². The lowest BCUT2D eigenvalue weighted by molar-refractivity contribution is -0.144. The van der Waals surface area contributed by atoms with Crippen LogP contribution < -0.4 is 16.0 Å². The number of alkyl halides is 1. The first-order chi connectivity index (χ1) is 37.2. The highest BCUT2D eigenvalue weighted by Crippen LogP contribution is 2.42. The Kier molecular flexibility index (Phi) is 20.7. The maximum atomic E-state index is 14.0. The second kappa shape index (κ2) is 27.8. The van der Waals surface area contributed by atoms with Crippen LogP contribution in [0.5, 0.6) is 0 Å². The van der Waals surface area contributed by atoms with E-state index < -0.39 is 29.5 Å². The van der Waals surface area contributed by atoms with Crippen LogP contribution in [0, 0.1) is 12.3 Å². The van der Waals surface area contributed by atoms with Gasteiger partial charge in [0, 0.05) is 72.5 Å². The Labute approximate surface area is 473 Å². The minimum Gasteiger partial charge on any atom is -0.391 e. The Morgan fingerprint density at radius 3 is 2.39 bits per heavy atom. The van der Waals surface area contributed by atoms with Gasteiger partial charge >= 0.3 is 0 Å². The number of anilines is 1. The fourth-order valence-corrected chi connectivity index (χ4v) is 10.6. The minimum absolute atomic E-state index is 0.00416. The summed E-state index contributed by atoms with van der Waals surface area (Å²) in [5, 5.41) is 28.7. The number of hydrogen-bond acceptors (Lipinski definition) is 14. The lowest BCUT2D eigenvalue weighted by Gasteiger charge is -2.35. The number of carbonyl (C=O) groups excluding carboxylic acids is 3. The molecule has 1 saturated heterocycles. The lowest BCUT2D eigenvalue weighted by atomic mass is 9.85. The molecule has 3 amide bonds. The van der Waals surface area contributed by atoms with E-state index in [2.05, 4.69) is 88.1 Å². The van der Waals surface area contributed by atoms with Gasteiger partial charge in [-0.2, -0.15) is 0 Å². The highest BCUT2D eigenvalue weighted by molar-refractivity contribution is 14.1. The van der Waals surface area contributed by atoms with Gasteiger partial charge in [-0.15, -0.1) is 16.4 Å². The number of carbonyl (C=O) groups is 3. The molecule has 2 aliphatic rings. The minimum atomic E-state index is -0.930. The molecule has 17 nitrogen and oxygen atoms in total. The van der Waals surface area contributed by atoms with Gasteiger partial charge < -0.3 is 40.2 Å². The highest BCUT2D eigenvalue weighted by atomic mass is 127. The average molecular weight is 1200 g/mol. The SMILES string of the molecule is Cc1ncsc1-c1ccc(CNC(=O)[C@@H]2C[C@@H](O)CN2C(=O)[C@@H](NC(=O)CCOCCOCCOCc2cn(CCCNc3ccc(-c4cnc(Cl)c(/C=C/c5ccc(C6CC6)c(CI)c5)c4)cn3)nn2)C(C)(C)C)cc1. The Morgan fingerprint density at radius 1 is 0.922 bits per heavy atom. The van der Waals surface area contributed by atoms with E-state index in [4.69, 9.17) is 25.8 Å². The number of hydrogen-bond donors (Lipinski definition) is 4. The zero-order chi connectivity index (χ0) is 54.3. The summed E-state index contributed by atoms with van der Waals surface area (Å²) in [6, 6.07) is 18.9. The number of thiazole rings is 1. The first kappa shape index (κ1) is 57.5. The van der Waals surface area contributed by atoms with Crippen molar-refractivity contribution in [3.63, 3.8) is 0 Å². The van der Waals surface area contributed by atoms with Gasteiger partial charge in [0.1, 0.15) is 28.7 Å².